The van der Waals surface area contributed by atoms with Gasteiger partial charge in [-0.15, -0.1) is 0 Å². The number of nitrogens with zero attached hydrogens (tertiary/aromatic N) is 1. The zero-order chi connectivity index (χ0) is 12.4. The third kappa shape index (κ3) is 2.58. The Balaban J connectivity index is 1.99. The Bertz CT molecular complexity index is 472. The average Bonchev–Trinajstić information content (AvgIpc) is 2.91. The fraction of sp³-hybridized carbons (Fsp3) is 0.636. The van der Waals surface area contributed by atoms with E-state index in [2.05, 4.69) is 5.32 Å². The zero-order valence-electron chi connectivity index (χ0n) is 9.99. The Morgan fingerprint density at radius 1 is 1.65 bits per heavy atom. The summed E-state index contributed by atoms with van der Waals surface area (Å²) in [4.78, 5) is 23.7. The lowest BCUT2D eigenvalue weighted by Gasteiger charge is -2.10. The van der Waals surface area contributed by atoms with Crippen molar-refractivity contribution in [3.63, 3.8) is 0 Å². The normalized spacial score (nSPS) is 19.5. The Hall–Kier alpha value is -1.14. The average molecular weight is 256 g/mol. The molecular formula is C11H16N2O3S. The van der Waals surface area contributed by atoms with Crippen molar-refractivity contribution in [2.24, 2.45) is 7.05 Å². The smallest absolute Gasteiger partial charge is 0.307 e. The van der Waals surface area contributed by atoms with Crippen molar-refractivity contribution in [2.45, 2.75) is 25.9 Å². The fourth-order valence-electron chi connectivity index (χ4n) is 1.82. The van der Waals surface area contributed by atoms with Crippen LogP contribution < -0.4 is 10.2 Å². The number of rotatable bonds is 3. The molecule has 0 saturated carbocycles. The number of carbonyl (C=O) groups is 1. The number of nitrogens with one attached hydrogen (secondary N) is 1. The van der Waals surface area contributed by atoms with Crippen LogP contribution in [0, 0.1) is 6.92 Å². The van der Waals surface area contributed by atoms with E-state index < -0.39 is 0 Å². The number of hydrogen-bond acceptors (Lipinski definition) is 4. The van der Waals surface area contributed by atoms with Crippen LogP contribution in [0.4, 0.5) is 0 Å². The van der Waals surface area contributed by atoms with E-state index in [1.54, 1.807) is 14.0 Å². The van der Waals surface area contributed by atoms with Gasteiger partial charge in [-0.3, -0.25) is 9.59 Å². The molecule has 1 atom stereocenters. The molecule has 1 aromatic rings. The molecule has 1 aliphatic rings. The summed E-state index contributed by atoms with van der Waals surface area (Å²) in [5.74, 6) is -0.180. The van der Waals surface area contributed by atoms with Crippen LogP contribution in [0.1, 0.15) is 28.2 Å². The predicted octanol–water partition coefficient (Wildman–Crippen LogP) is 0.664. The largest absolute Gasteiger partial charge is 0.376 e. The van der Waals surface area contributed by atoms with Gasteiger partial charge in [0.1, 0.15) is 4.88 Å². The van der Waals surface area contributed by atoms with Crippen molar-refractivity contribution < 1.29 is 9.53 Å². The standard InChI is InChI=1S/C11H16N2O3S/c1-7-9(17-11(15)13(7)2)10(14)12-6-8-4-3-5-16-8/h8H,3-6H2,1-2H3,(H,12,14). The number of carbonyl (C=O) groups excluding carboxylic acids is 1. The lowest BCUT2D eigenvalue weighted by molar-refractivity contribution is 0.0860. The number of hydrogen-bond donors (Lipinski definition) is 1. The highest BCUT2D eigenvalue weighted by molar-refractivity contribution is 7.11. The maximum Gasteiger partial charge on any atom is 0.307 e. The molecule has 1 N–H and O–H groups in total. The van der Waals surface area contributed by atoms with Gasteiger partial charge in [0.15, 0.2) is 0 Å². The molecule has 94 valence electrons. The summed E-state index contributed by atoms with van der Waals surface area (Å²) in [6.07, 6.45) is 2.17. The molecule has 0 radical (unpaired) electrons. The van der Waals surface area contributed by atoms with Gasteiger partial charge in [0.25, 0.3) is 5.91 Å². The minimum absolute atomic E-state index is 0.107. The second-order valence-corrected chi connectivity index (χ2v) is 5.15. The lowest BCUT2D eigenvalue weighted by Crippen LogP contribution is -2.31. The highest BCUT2D eigenvalue weighted by Gasteiger charge is 2.19. The number of amides is 1. The summed E-state index contributed by atoms with van der Waals surface area (Å²) in [5.41, 5.74) is 0.713. The molecule has 1 aliphatic heterocycles. The molecule has 1 aromatic heterocycles. The lowest BCUT2D eigenvalue weighted by atomic mass is 10.2. The summed E-state index contributed by atoms with van der Waals surface area (Å²) in [7, 11) is 1.67. The Labute approximate surface area is 103 Å². The molecule has 5 nitrogen and oxygen atoms in total. The third-order valence-corrected chi connectivity index (χ3v) is 4.15. The molecule has 0 aliphatic carbocycles. The molecule has 17 heavy (non-hydrogen) atoms. The van der Waals surface area contributed by atoms with Crippen LogP contribution in [0.2, 0.25) is 0 Å². The van der Waals surface area contributed by atoms with Gasteiger partial charge in [-0.25, -0.2) is 0 Å². The molecular weight excluding hydrogens is 240 g/mol. The molecule has 1 saturated heterocycles. The molecule has 1 fully saturated rings. The fourth-order valence-corrected chi connectivity index (χ4v) is 2.72. The van der Waals surface area contributed by atoms with Crippen LogP contribution in [0.25, 0.3) is 0 Å². The van der Waals surface area contributed by atoms with Crippen molar-refractivity contribution in [3.05, 3.63) is 20.2 Å². The molecule has 0 spiro atoms. The van der Waals surface area contributed by atoms with Crippen LogP contribution in [0.5, 0.6) is 0 Å². The minimum Gasteiger partial charge on any atom is -0.376 e. The van der Waals surface area contributed by atoms with Crippen molar-refractivity contribution in [3.8, 4) is 0 Å². The van der Waals surface area contributed by atoms with E-state index in [0.29, 0.717) is 17.1 Å². The van der Waals surface area contributed by atoms with Crippen LogP contribution in [-0.4, -0.2) is 29.7 Å². The highest BCUT2D eigenvalue weighted by atomic mass is 32.1. The topological polar surface area (TPSA) is 60.3 Å². The van der Waals surface area contributed by atoms with Gasteiger partial charge in [0.2, 0.25) is 0 Å². The Morgan fingerprint density at radius 2 is 2.41 bits per heavy atom. The quantitative estimate of drug-likeness (QED) is 0.864. The molecule has 6 heteroatoms. The molecule has 2 heterocycles. The highest BCUT2D eigenvalue weighted by Crippen LogP contribution is 2.13. The van der Waals surface area contributed by atoms with E-state index in [1.807, 2.05) is 0 Å². The Morgan fingerprint density at radius 3 is 2.94 bits per heavy atom. The second kappa shape index (κ2) is 5.01. The van der Waals surface area contributed by atoms with Gasteiger partial charge in [0, 0.05) is 25.9 Å². The van der Waals surface area contributed by atoms with Gasteiger partial charge >= 0.3 is 4.87 Å². The molecule has 1 unspecified atom stereocenters. The first-order valence-electron chi connectivity index (χ1n) is 5.66. The monoisotopic (exact) mass is 256 g/mol. The molecule has 0 bridgehead atoms. The van der Waals surface area contributed by atoms with Gasteiger partial charge in [-0.1, -0.05) is 11.3 Å². The SMILES string of the molecule is Cc1c(C(=O)NCC2CCCO2)sc(=O)n1C. The summed E-state index contributed by atoms with van der Waals surface area (Å²) >= 11 is 0.986. The van der Waals surface area contributed by atoms with Gasteiger partial charge in [-0.2, -0.15) is 0 Å². The number of thiazole rings is 1. The van der Waals surface area contributed by atoms with Crippen molar-refractivity contribution >= 4 is 17.2 Å². The van der Waals surface area contributed by atoms with E-state index in [1.165, 1.54) is 4.57 Å². The first-order chi connectivity index (χ1) is 8.09. The van der Waals surface area contributed by atoms with Gasteiger partial charge in [-0.05, 0) is 19.8 Å². The first-order valence-corrected chi connectivity index (χ1v) is 6.47. The summed E-state index contributed by atoms with van der Waals surface area (Å²) in [6.45, 7) is 3.07. The van der Waals surface area contributed by atoms with Gasteiger partial charge in [0.05, 0.1) is 6.10 Å². The molecule has 2 rings (SSSR count). The number of ether oxygens (including phenoxy) is 1. The van der Waals surface area contributed by atoms with Crippen molar-refractivity contribution in [2.75, 3.05) is 13.2 Å². The Kier molecular flexibility index (Phi) is 3.63. The van der Waals surface area contributed by atoms with Crippen LogP contribution in [-0.2, 0) is 11.8 Å². The second-order valence-electron chi connectivity index (χ2n) is 4.19. The van der Waals surface area contributed by atoms with E-state index in [4.69, 9.17) is 4.74 Å². The van der Waals surface area contributed by atoms with Crippen LogP contribution in [0.15, 0.2) is 4.79 Å². The number of aromatic nitrogens is 1. The maximum atomic E-state index is 11.9. The summed E-state index contributed by atoms with van der Waals surface area (Å²) in [5, 5.41) is 2.82. The van der Waals surface area contributed by atoms with Crippen LogP contribution >= 0.6 is 11.3 Å². The van der Waals surface area contributed by atoms with Gasteiger partial charge < -0.3 is 14.6 Å². The van der Waals surface area contributed by atoms with E-state index in [-0.39, 0.29) is 16.9 Å². The molecule has 0 aromatic carbocycles. The minimum atomic E-state index is -0.180. The summed E-state index contributed by atoms with van der Waals surface area (Å²) in [6, 6.07) is 0. The molecule has 1 amide bonds. The predicted molar refractivity (Wildman–Crippen MR) is 65.6 cm³/mol. The first kappa shape index (κ1) is 12.3. The van der Waals surface area contributed by atoms with E-state index >= 15 is 0 Å². The van der Waals surface area contributed by atoms with E-state index in [0.717, 1.165) is 30.8 Å². The maximum absolute atomic E-state index is 11.9. The summed E-state index contributed by atoms with van der Waals surface area (Å²) < 4.78 is 6.91. The zero-order valence-corrected chi connectivity index (χ0v) is 10.8. The third-order valence-electron chi connectivity index (χ3n) is 3.02. The van der Waals surface area contributed by atoms with Crippen LogP contribution in [0.3, 0.4) is 0 Å². The van der Waals surface area contributed by atoms with E-state index in [9.17, 15) is 9.59 Å². The van der Waals surface area contributed by atoms with Crippen molar-refractivity contribution in [1.82, 2.24) is 9.88 Å². The van der Waals surface area contributed by atoms with Crippen molar-refractivity contribution in [1.29, 1.82) is 0 Å².